The molecule has 26 heavy (non-hydrogen) atoms. The summed E-state index contributed by atoms with van der Waals surface area (Å²) in [6, 6.07) is 14.0. The predicted octanol–water partition coefficient (Wildman–Crippen LogP) is 4.53. The van der Waals surface area contributed by atoms with E-state index in [2.05, 4.69) is 26.0 Å². The first kappa shape index (κ1) is 18.5. The molecular weight excluding hydrogens is 332 g/mol. The Kier molecular flexibility index (Phi) is 6.01. The molecule has 0 aliphatic carbocycles. The molecule has 1 aliphatic heterocycles. The number of hydrogen-bond donors (Lipinski definition) is 0. The van der Waals surface area contributed by atoms with Gasteiger partial charge in [-0.1, -0.05) is 26.0 Å². The molecule has 0 unspecified atom stereocenters. The van der Waals surface area contributed by atoms with Crippen LogP contribution in [0.25, 0.3) is 0 Å². The molecule has 3 atom stereocenters. The Hall–Kier alpha value is -2.24. The van der Waals surface area contributed by atoms with Gasteiger partial charge in [-0.2, -0.15) is 0 Å². The van der Waals surface area contributed by atoms with Crippen molar-refractivity contribution in [3.05, 3.63) is 53.6 Å². The summed E-state index contributed by atoms with van der Waals surface area (Å²) in [5, 5.41) is 0. The van der Waals surface area contributed by atoms with Crippen LogP contribution in [0.4, 0.5) is 0 Å². The fraction of sp³-hybridized carbons (Fsp3) is 0.429. The molecule has 0 aromatic heterocycles. The van der Waals surface area contributed by atoms with Gasteiger partial charge in [0.1, 0.15) is 23.4 Å². The van der Waals surface area contributed by atoms with Crippen LogP contribution < -0.4 is 14.2 Å². The van der Waals surface area contributed by atoms with E-state index in [1.165, 1.54) is 5.56 Å². The van der Waals surface area contributed by atoms with Crippen LogP contribution in [-0.4, -0.2) is 27.8 Å². The Morgan fingerprint density at radius 2 is 1.46 bits per heavy atom. The molecule has 1 heterocycles. The van der Waals surface area contributed by atoms with E-state index in [4.69, 9.17) is 23.7 Å². The molecule has 0 amide bonds. The molecule has 0 bridgehead atoms. The van der Waals surface area contributed by atoms with Gasteiger partial charge < -0.3 is 23.7 Å². The topological polar surface area (TPSA) is 46.2 Å². The summed E-state index contributed by atoms with van der Waals surface area (Å²) in [5.41, 5.74) is 2.31. The van der Waals surface area contributed by atoms with Crippen LogP contribution in [0, 0.1) is 5.92 Å². The van der Waals surface area contributed by atoms with Gasteiger partial charge in [0.05, 0.1) is 0 Å². The smallest absolute Gasteiger partial charge is 0.188 e. The third kappa shape index (κ3) is 3.94. The van der Waals surface area contributed by atoms with E-state index in [1.54, 1.807) is 14.2 Å². The number of fused-ring (bicyclic) bond motifs is 1. The summed E-state index contributed by atoms with van der Waals surface area (Å²) >= 11 is 0. The third-order valence-corrected chi connectivity index (χ3v) is 4.89. The maximum Gasteiger partial charge on any atom is 0.188 e. The first-order valence-electron chi connectivity index (χ1n) is 8.78. The normalized spacial score (nSPS) is 21.6. The largest absolute Gasteiger partial charge is 0.485 e. The van der Waals surface area contributed by atoms with Gasteiger partial charge in [0.15, 0.2) is 13.6 Å². The second-order valence-electron chi connectivity index (χ2n) is 6.56. The summed E-state index contributed by atoms with van der Waals surface area (Å²) in [6.45, 7) is 4.93. The van der Waals surface area contributed by atoms with Crippen molar-refractivity contribution in [2.45, 2.75) is 25.9 Å². The van der Waals surface area contributed by atoms with Crippen molar-refractivity contribution in [2.75, 3.05) is 27.8 Å². The van der Waals surface area contributed by atoms with Crippen LogP contribution in [0.3, 0.4) is 0 Å². The van der Waals surface area contributed by atoms with Crippen molar-refractivity contribution < 1.29 is 23.7 Å². The van der Waals surface area contributed by atoms with Crippen LogP contribution in [0.5, 0.6) is 17.2 Å². The zero-order chi connectivity index (χ0) is 18.5. The van der Waals surface area contributed by atoms with E-state index >= 15 is 0 Å². The Bertz CT molecular complexity index is 713. The predicted molar refractivity (Wildman–Crippen MR) is 98.8 cm³/mol. The molecule has 1 aliphatic rings. The second kappa shape index (κ2) is 8.43. The lowest BCUT2D eigenvalue weighted by Crippen LogP contribution is -2.26. The highest BCUT2D eigenvalue weighted by molar-refractivity contribution is 5.45. The van der Waals surface area contributed by atoms with Crippen LogP contribution >= 0.6 is 0 Å². The molecule has 140 valence electrons. The Balaban J connectivity index is 1.79. The second-order valence-corrected chi connectivity index (χ2v) is 6.56. The number of benzene rings is 2. The van der Waals surface area contributed by atoms with Gasteiger partial charge in [0.2, 0.25) is 0 Å². The van der Waals surface area contributed by atoms with Crippen molar-refractivity contribution in [1.29, 1.82) is 0 Å². The van der Waals surface area contributed by atoms with Gasteiger partial charge in [-0.05, 0) is 41.8 Å². The molecule has 0 spiro atoms. The first-order chi connectivity index (χ1) is 12.6. The standard InChI is InChI=1S/C21H26O5/c1-14-15(2)21(16-5-7-17(8-6-16)24-12-22-3)26-20-10-9-18(11-19(14)20)25-13-23-4/h5-11,14-15,21H,12-13H2,1-4H3/t14-,15+,21-/m1/s1. The zero-order valence-corrected chi connectivity index (χ0v) is 15.7. The summed E-state index contributed by atoms with van der Waals surface area (Å²) in [7, 11) is 3.22. The Labute approximate surface area is 154 Å². The summed E-state index contributed by atoms with van der Waals surface area (Å²) in [4.78, 5) is 0. The summed E-state index contributed by atoms with van der Waals surface area (Å²) in [5.74, 6) is 3.16. The number of methoxy groups -OCH3 is 2. The molecule has 0 saturated carbocycles. The Morgan fingerprint density at radius 3 is 2.12 bits per heavy atom. The van der Waals surface area contributed by atoms with Gasteiger partial charge in [0.25, 0.3) is 0 Å². The highest BCUT2D eigenvalue weighted by Crippen LogP contribution is 2.46. The van der Waals surface area contributed by atoms with Crippen LogP contribution in [0.15, 0.2) is 42.5 Å². The molecule has 2 aromatic rings. The van der Waals surface area contributed by atoms with Gasteiger partial charge in [-0.25, -0.2) is 0 Å². The SMILES string of the molecule is COCOc1ccc([C@@H]2Oc3ccc(OCOC)cc3[C@H](C)[C@@H]2C)cc1. The minimum atomic E-state index is -0.000261. The summed E-state index contributed by atoms with van der Waals surface area (Å²) < 4.78 is 27.3. The molecule has 0 fully saturated rings. The summed E-state index contributed by atoms with van der Waals surface area (Å²) in [6.07, 6.45) is -0.000261. The van der Waals surface area contributed by atoms with Crippen molar-refractivity contribution in [1.82, 2.24) is 0 Å². The highest BCUT2D eigenvalue weighted by Gasteiger charge is 2.34. The van der Waals surface area contributed by atoms with Crippen molar-refractivity contribution in [3.8, 4) is 17.2 Å². The van der Waals surface area contributed by atoms with E-state index < -0.39 is 0 Å². The minimum absolute atomic E-state index is 0.000261. The highest BCUT2D eigenvalue weighted by atomic mass is 16.7. The van der Waals surface area contributed by atoms with Crippen LogP contribution in [-0.2, 0) is 9.47 Å². The van der Waals surface area contributed by atoms with Crippen molar-refractivity contribution in [3.63, 3.8) is 0 Å². The molecule has 3 rings (SSSR count). The van der Waals surface area contributed by atoms with Gasteiger partial charge in [-0.15, -0.1) is 0 Å². The molecular formula is C21H26O5. The maximum atomic E-state index is 6.33. The third-order valence-electron chi connectivity index (χ3n) is 4.89. The van der Waals surface area contributed by atoms with E-state index in [9.17, 15) is 0 Å². The molecule has 0 radical (unpaired) electrons. The monoisotopic (exact) mass is 358 g/mol. The quantitative estimate of drug-likeness (QED) is 0.681. The first-order valence-corrected chi connectivity index (χ1v) is 8.78. The zero-order valence-electron chi connectivity index (χ0n) is 15.7. The van der Waals surface area contributed by atoms with Crippen LogP contribution in [0.1, 0.15) is 37.0 Å². The van der Waals surface area contributed by atoms with E-state index in [1.807, 2.05) is 30.3 Å². The van der Waals surface area contributed by atoms with E-state index in [0.717, 1.165) is 22.8 Å². The van der Waals surface area contributed by atoms with Crippen molar-refractivity contribution >= 4 is 0 Å². The average molecular weight is 358 g/mol. The fourth-order valence-corrected chi connectivity index (χ4v) is 3.25. The fourth-order valence-electron chi connectivity index (χ4n) is 3.25. The van der Waals surface area contributed by atoms with Gasteiger partial charge >= 0.3 is 0 Å². The number of rotatable bonds is 7. The maximum absolute atomic E-state index is 6.33. The molecule has 0 saturated heterocycles. The Morgan fingerprint density at radius 1 is 0.846 bits per heavy atom. The minimum Gasteiger partial charge on any atom is -0.485 e. The van der Waals surface area contributed by atoms with E-state index in [0.29, 0.717) is 11.8 Å². The number of ether oxygens (including phenoxy) is 5. The lowest BCUT2D eigenvalue weighted by molar-refractivity contribution is 0.0502. The van der Waals surface area contributed by atoms with E-state index in [-0.39, 0.29) is 19.7 Å². The molecule has 5 heteroatoms. The molecule has 0 N–H and O–H groups in total. The average Bonchev–Trinajstić information content (AvgIpc) is 2.68. The molecule has 2 aromatic carbocycles. The van der Waals surface area contributed by atoms with Gasteiger partial charge in [0, 0.05) is 25.7 Å². The van der Waals surface area contributed by atoms with Crippen LogP contribution in [0.2, 0.25) is 0 Å². The van der Waals surface area contributed by atoms with Gasteiger partial charge in [-0.3, -0.25) is 0 Å². The number of hydrogen-bond acceptors (Lipinski definition) is 5. The lowest BCUT2D eigenvalue weighted by atomic mass is 9.80. The van der Waals surface area contributed by atoms with Crippen molar-refractivity contribution in [2.24, 2.45) is 5.92 Å². The molecule has 5 nitrogen and oxygen atoms in total. The lowest BCUT2D eigenvalue weighted by Gasteiger charge is -2.36.